The Morgan fingerprint density at radius 1 is 1.04 bits per heavy atom. The third kappa shape index (κ3) is 12.9. The Morgan fingerprint density at radius 2 is 1.65 bits per heavy atom. The lowest BCUT2D eigenvalue weighted by Gasteiger charge is -2.29. The van der Waals surface area contributed by atoms with E-state index in [-0.39, 0.29) is 6.61 Å². The van der Waals surface area contributed by atoms with Gasteiger partial charge in [-0.15, -0.1) is 0 Å². The van der Waals surface area contributed by atoms with Crippen molar-refractivity contribution in [3.63, 3.8) is 0 Å². The Morgan fingerprint density at radius 3 is 2.22 bits per heavy atom. The molecular formula is C16H31NO6. The molecule has 2 N–H and O–H groups in total. The molecule has 0 aromatic rings. The molecule has 0 aromatic heterocycles. The lowest BCUT2D eigenvalue weighted by atomic mass is 10.0. The number of carboxylic acid groups (broad SMARTS) is 1. The maximum atomic E-state index is 11.6. The van der Waals surface area contributed by atoms with Crippen LogP contribution in [0.3, 0.4) is 0 Å². The zero-order chi connectivity index (χ0) is 17.9. The largest absolute Gasteiger partial charge is 0.480 e. The highest BCUT2D eigenvalue weighted by atomic mass is 16.6. The van der Waals surface area contributed by atoms with Gasteiger partial charge in [0.25, 0.3) is 0 Å². The van der Waals surface area contributed by atoms with Gasteiger partial charge in [-0.05, 0) is 40.5 Å². The first-order chi connectivity index (χ1) is 10.6. The Kier molecular flexibility index (Phi) is 9.83. The maximum Gasteiger partial charge on any atom is 0.407 e. The molecule has 0 aliphatic heterocycles. The number of carbonyl (C=O) groups excluding carboxylic acids is 1. The van der Waals surface area contributed by atoms with Crippen LogP contribution in [-0.4, -0.2) is 54.7 Å². The quantitative estimate of drug-likeness (QED) is 0.533. The molecule has 0 spiro atoms. The second-order valence-electron chi connectivity index (χ2n) is 6.63. The maximum absolute atomic E-state index is 11.6. The summed E-state index contributed by atoms with van der Waals surface area (Å²) in [4.78, 5) is 21.9. The molecule has 23 heavy (non-hydrogen) atoms. The Labute approximate surface area is 138 Å². The molecule has 0 fully saturated rings. The number of alkyl carbamates (subject to hydrolysis) is 1. The molecule has 136 valence electrons. The molecule has 0 rings (SSSR count). The molecular weight excluding hydrogens is 302 g/mol. The van der Waals surface area contributed by atoms with Crippen molar-refractivity contribution in [1.82, 2.24) is 5.32 Å². The van der Waals surface area contributed by atoms with Gasteiger partial charge in [0, 0.05) is 13.0 Å². The Bertz CT molecular complexity index is 368. The van der Waals surface area contributed by atoms with Gasteiger partial charge in [-0.2, -0.15) is 0 Å². The van der Waals surface area contributed by atoms with Crippen molar-refractivity contribution >= 4 is 12.1 Å². The Hall–Kier alpha value is -1.34. The minimum absolute atomic E-state index is 0.302. The summed E-state index contributed by atoms with van der Waals surface area (Å²) < 4.78 is 16.2. The topological polar surface area (TPSA) is 94.1 Å². The molecule has 0 aliphatic rings. The summed E-state index contributed by atoms with van der Waals surface area (Å²) >= 11 is 0. The molecule has 0 heterocycles. The SMILES string of the molecule is CCCNC(=O)OC(C)(C)CCOC(C)(C)CCOCC(=O)O. The fourth-order valence-corrected chi connectivity index (χ4v) is 1.69. The zero-order valence-electron chi connectivity index (χ0n) is 14.9. The smallest absolute Gasteiger partial charge is 0.407 e. The highest BCUT2D eigenvalue weighted by Crippen LogP contribution is 2.19. The molecule has 0 atom stereocenters. The molecule has 0 saturated carbocycles. The fourth-order valence-electron chi connectivity index (χ4n) is 1.69. The van der Waals surface area contributed by atoms with Crippen LogP contribution in [0.15, 0.2) is 0 Å². The van der Waals surface area contributed by atoms with E-state index in [1.165, 1.54) is 0 Å². The van der Waals surface area contributed by atoms with E-state index >= 15 is 0 Å². The molecule has 0 bridgehead atoms. The molecule has 7 heteroatoms. The van der Waals surface area contributed by atoms with Crippen LogP contribution in [0.2, 0.25) is 0 Å². The highest BCUT2D eigenvalue weighted by Gasteiger charge is 2.25. The normalized spacial score (nSPS) is 12.0. The van der Waals surface area contributed by atoms with E-state index in [0.717, 1.165) is 6.42 Å². The summed E-state index contributed by atoms with van der Waals surface area (Å²) in [6.07, 6.45) is 1.58. The van der Waals surface area contributed by atoms with Crippen molar-refractivity contribution < 1.29 is 28.9 Å². The van der Waals surface area contributed by atoms with E-state index in [2.05, 4.69) is 5.32 Å². The number of rotatable bonds is 12. The van der Waals surface area contributed by atoms with E-state index in [4.69, 9.17) is 19.3 Å². The molecule has 7 nitrogen and oxygen atoms in total. The predicted molar refractivity (Wildman–Crippen MR) is 86.6 cm³/mol. The van der Waals surface area contributed by atoms with E-state index in [0.29, 0.717) is 32.6 Å². The lowest BCUT2D eigenvalue weighted by molar-refractivity contribution is -0.143. The molecule has 0 unspecified atom stereocenters. The molecule has 0 radical (unpaired) electrons. The van der Waals surface area contributed by atoms with Crippen molar-refractivity contribution in [3.8, 4) is 0 Å². The van der Waals surface area contributed by atoms with Crippen LogP contribution in [0, 0.1) is 0 Å². The van der Waals surface area contributed by atoms with Gasteiger partial charge in [0.1, 0.15) is 12.2 Å². The van der Waals surface area contributed by atoms with Crippen molar-refractivity contribution in [2.45, 2.75) is 65.1 Å². The molecule has 0 aliphatic carbocycles. The van der Waals surface area contributed by atoms with Gasteiger partial charge in [-0.25, -0.2) is 9.59 Å². The van der Waals surface area contributed by atoms with E-state index < -0.39 is 23.3 Å². The number of carbonyl (C=O) groups is 2. The molecule has 1 amide bonds. The second-order valence-corrected chi connectivity index (χ2v) is 6.63. The highest BCUT2D eigenvalue weighted by molar-refractivity contribution is 5.68. The van der Waals surface area contributed by atoms with Gasteiger partial charge in [-0.1, -0.05) is 6.92 Å². The number of amides is 1. The number of hydrogen-bond donors (Lipinski definition) is 2. The summed E-state index contributed by atoms with van der Waals surface area (Å²) in [6.45, 7) is 10.5. The Balaban J connectivity index is 4.00. The van der Waals surface area contributed by atoms with Crippen LogP contribution in [-0.2, 0) is 19.0 Å². The zero-order valence-corrected chi connectivity index (χ0v) is 14.9. The monoisotopic (exact) mass is 333 g/mol. The van der Waals surface area contributed by atoms with Gasteiger partial charge >= 0.3 is 12.1 Å². The van der Waals surface area contributed by atoms with Gasteiger partial charge in [0.05, 0.1) is 18.8 Å². The van der Waals surface area contributed by atoms with Crippen LogP contribution >= 0.6 is 0 Å². The standard InChI is InChI=1S/C16H31NO6/c1-6-9-17-14(20)23-16(4,5)8-11-22-15(2,3)7-10-21-12-13(18)19/h6-12H2,1-5H3,(H,17,20)(H,18,19). The number of nitrogens with one attached hydrogen (secondary N) is 1. The van der Waals surface area contributed by atoms with Crippen LogP contribution in [0.4, 0.5) is 4.79 Å². The summed E-state index contributed by atoms with van der Waals surface area (Å²) in [5.41, 5.74) is -1.05. The van der Waals surface area contributed by atoms with E-state index in [1.807, 2.05) is 34.6 Å². The number of ether oxygens (including phenoxy) is 3. The number of hydrogen-bond acceptors (Lipinski definition) is 5. The van der Waals surface area contributed by atoms with Crippen LogP contribution in [0.5, 0.6) is 0 Å². The third-order valence-electron chi connectivity index (χ3n) is 3.16. The van der Waals surface area contributed by atoms with Crippen molar-refractivity contribution in [3.05, 3.63) is 0 Å². The number of carboxylic acids is 1. The average Bonchev–Trinajstić information content (AvgIpc) is 2.40. The first kappa shape index (κ1) is 21.7. The van der Waals surface area contributed by atoms with Gasteiger partial charge in [-0.3, -0.25) is 0 Å². The van der Waals surface area contributed by atoms with E-state index in [9.17, 15) is 9.59 Å². The van der Waals surface area contributed by atoms with Crippen LogP contribution in [0.25, 0.3) is 0 Å². The van der Waals surface area contributed by atoms with E-state index in [1.54, 1.807) is 0 Å². The van der Waals surface area contributed by atoms with Crippen LogP contribution < -0.4 is 5.32 Å². The summed E-state index contributed by atoms with van der Waals surface area (Å²) in [7, 11) is 0. The first-order valence-corrected chi connectivity index (χ1v) is 7.98. The van der Waals surface area contributed by atoms with Crippen LogP contribution in [0.1, 0.15) is 53.9 Å². The van der Waals surface area contributed by atoms with Crippen molar-refractivity contribution in [2.75, 3.05) is 26.4 Å². The second kappa shape index (κ2) is 10.4. The first-order valence-electron chi connectivity index (χ1n) is 7.98. The summed E-state index contributed by atoms with van der Waals surface area (Å²) in [5.74, 6) is -0.982. The van der Waals surface area contributed by atoms with Gasteiger partial charge in [0.15, 0.2) is 0 Å². The van der Waals surface area contributed by atoms with Gasteiger partial charge in [0.2, 0.25) is 0 Å². The summed E-state index contributed by atoms with van der Waals surface area (Å²) in [6, 6.07) is 0. The van der Waals surface area contributed by atoms with Crippen molar-refractivity contribution in [1.29, 1.82) is 0 Å². The molecule has 0 saturated heterocycles. The lowest BCUT2D eigenvalue weighted by Crippen LogP contribution is -2.37. The number of aliphatic carboxylic acids is 1. The predicted octanol–water partition coefficient (Wildman–Crippen LogP) is 2.58. The minimum atomic E-state index is -0.982. The minimum Gasteiger partial charge on any atom is -0.480 e. The van der Waals surface area contributed by atoms with Gasteiger partial charge < -0.3 is 24.6 Å². The molecule has 0 aromatic carbocycles. The van der Waals surface area contributed by atoms with Crippen molar-refractivity contribution in [2.24, 2.45) is 0 Å². The average molecular weight is 333 g/mol. The fraction of sp³-hybridized carbons (Fsp3) is 0.875. The third-order valence-corrected chi connectivity index (χ3v) is 3.16. The summed E-state index contributed by atoms with van der Waals surface area (Å²) in [5, 5.41) is 11.2.